The van der Waals surface area contributed by atoms with Crippen LogP contribution >= 0.6 is 15.9 Å². The molecule has 0 saturated carbocycles. The maximum Gasteiger partial charge on any atom is 0.415 e. The van der Waals surface area contributed by atoms with Gasteiger partial charge in [0.1, 0.15) is 11.5 Å². The number of hydrogen-bond donors (Lipinski definition) is 1. The van der Waals surface area contributed by atoms with E-state index in [1.165, 1.54) is 0 Å². The van der Waals surface area contributed by atoms with E-state index < -0.39 is 12.1 Å². The van der Waals surface area contributed by atoms with Crippen molar-refractivity contribution in [2.24, 2.45) is 0 Å². The zero-order valence-electron chi connectivity index (χ0n) is 15.1. The van der Waals surface area contributed by atoms with Crippen LogP contribution in [0.25, 0.3) is 0 Å². The van der Waals surface area contributed by atoms with Crippen molar-refractivity contribution in [2.45, 2.75) is 26.2 Å². The van der Waals surface area contributed by atoms with E-state index in [-0.39, 0.29) is 13.2 Å². The number of hydrogen-bond acceptors (Lipinski definition) is 5. The smallest absolute Gasteiger partial charge is 0.415 e. The maximum absolute atomic E-state index is 11.7. The summed E-state index contributed by atoms with van der Waals surface area (Å²) in [5, 5.41) is 2.36. The van der Waals surface area contributed by atoms with Crippen LogP contribution in [0.1, 0.15) is 25.3 Å². The van der Waals surface area contributed by atoms with Gasteiger partial charge in [-0.2, -0.15) is 0 Å². The van der Waals surface area contributed by atoms with Gasteiger partial charge in [0.05, 0.1) is 6.61 Å². The zero-order chi connectivity index (χ0) is 19.5. The number of para-hydroxylation sites is 1. The highest BCUT2D eigenvalue weighted by molar-refractivity contribution is 9.10. The van der Waals surface area contributed by atoms with Crippen LogP contribution < -0.4 is 14.8 Å². The topological polar surface area (TPSA) is 73.9 Å². The van der Waals surface area contributed by atoms with Crippen LogP contribution in [0.2, 0.25) is 0 Å². The fourth-order valence-electron chi connectivity index (χ4n) is 2.24. The molecule has 0 spiro atoms. The third-order valence-electron chi connectivity index (χ3n) is 3.59. The lowest BCUT2D eigenvalue weighted by Crippen LogP contribution is -2.30. The number of amides is 1. The van der Waals surface area contributed by atoms with E-state index in [0.717, 1.165) is 22.2 Å². The van der Waals surface area contributed by atoms with Crippen molar-refractivity contribution in [2.75, 3.05) is 13.3 Å². The van der Waals surface area contributed by atoms with Crippen LogP contribution in [0.5, 0.6) is 11.5 Å². The number of rotatable bonds is 9. The standard InChI is InChI=1S/C20H22BrNO5/c1-2-15-13-16(21)10-11-18(15)25-12-6-9-19(23)26-14-22-20(24)27-17-7-4-3-5-8-17/h3-5,7-8,10-11,13H,2,6,9,12,14H2,1H3,(H,22,24). The number of ether oxygens (including phenoxy) is 3. The normalized spacial score (nSPS) is 10.1. The number of halogens is 1. The van der Waals surface area contributed by atoms with Gasteiger partial charge in [0.2, 0.25) is 0 Å². The fraction of sp³-hybridized carbons (Fsp3) is 0.300. The van der Waals surface area contributed by atoms with E-state index in [0.29, 0.717) is 18.8 Å². The average Bonchev–Trinajstić information content (AvgIpc) is 2.66. The van der Waals surface area contributed by atoms with Crippen molar-refractivity contribution >= 4 is 28.0 Å². The third kappa shape index (κ3) is 7.70. The van der Waals surface area contributed by atoms with Gasteiger partial charge in [-0.15, -0.1) is 0 Å². The van der Waals surface area contributed by atoms with Crippen LogP contribution in [0.4, 0.5) is 4.79 Å². The van der Waals surface area contributed by atoms with E-state index in [1.54, 1.807) is 24.3 Å². The Morgan fingerprint density at radius 2 is 1.89 bits per heavy atom. The molecule has 0 aliphatic rings. The molecule has 0 heterocycles. The molecule has 1 amide bonds. The number of nitrogens with one attached hydrogen (secondary N) is 1. The molecular weight excluding hydrogens is 414 g/mol. The summed E-state index contributed by atoms with van der Waals surface area (Å²) in [6.45, 7) is 2.23. The minimum atomic E-state index is -0.681. The quantitative estimate of drug-likeness (QED) is 0.357. The van der Waals surface area contributed by atoms with Gasteiger partial charge in [-0.1, -0.05) is 41.1 Å². The van der Waals surface area contributed by atoms with Crippen molar-refractivity contribution in [1.29, 1.82) is 0 Å². The molecule has 27 heavy (non-hydrogen) atoms. The Kier molecular flexibility index (Phi) is 8.64. The van der Waals surface area contributed by atoms with Crippen LogP contribution in [0, 0.1) is 0 Å². The van der Waals surface area contributed by atoms with Gasteiger partial charge in [-0.05, 0) is 48.7 Å². The molecule has 0 atom stereocenters. The van der Waals surface area contributed by atoms with E-state index >= 15 is 0 Å². The lowest BCUT2D eigenvalue weighted by Gasteiger charge is -2.11. The Balaban J connectivity index is 1.59. The summed E-state index contributed by atoms with van der Waals surface area (Å²) >= 11 is 3.43. The SMILES string of the molecule is CCc1cc(Br)ccc1OCCCC(=O)OCNC(=O)Oc1ccccc1. The van der Waals surface area contributed by atoms with E-state index in [9.17, 15) is 9.59 Å². The van der Waals surface area contributed by atoms with Gasteiger partial charge >= 0.3 is 12.1 Å². The predicted octanol–water partition coefficient (Wildman–Crippen LogP) is 4.46. The molecule has 2 rings (SSSR count). The first kappa shape index (κ1) is 20.8. The highest BCUT2D eigenvalue weighted by Crippen LogP contribution is 2.23. The Bertz CT molecular complexity index is 751. The molecule has 0 fully saturated rings. The second-order valence-electron chi connectivity index (χ2n) is 5.60. The molecule has 0 aliphatic heterocycles. The Morgan fingerprint density at radius 3 is 2.63 bits per heavy atom. The number of aryl methyl sites for hydroxylation is 1. The molecule has 0 radical (unpaired) electrons. The number of esters is 1. The maximum atomic E-state index is 11.7. The van der Waals surface area contributed by atoms with Crippen molar-refractivity contribution in [1.82, 2.24) is 5.32 Å². The van der Waals surface area contributed by atoms with Crippen LogP contribution in [-0.2, 0) is 16.0 Å². The number of benzene rings is 2. The average molecular weight is 436 g/mol. The molecule has 144 valence electrons. The first-order valence-electron chi connectivity index (χ1n) is 8.66. The molecule has 0 aliphatic carbocycles. The molecule has 1 N–H and O–H groups in total. The number of carbonyl (C=O) groups excluding carboxylic acids is 2. The van der Waals surface area contributed by atoms with Gasteiger partial charge in [0.15, 0.2) is 6.73 Å². The zero-order valence-corrected chi connectivity index (χ0v) is 16.7. The minimum Gasteiger partial charge on any atom is -0.493 e. The second kappa shape index (κ2) is 11.2. The molecule has 0 unspecified atom stereocenters. The minimum absolute atomic E-state index is 0.202. The molecule has 0 saturated heterocycles. The first-order chi connectivity index (χ1) is 13.1. The Morgan fingerprint density at radius 1 is 1.11 bits per heavy atom. The summed E-state index contributed by atoms with van der Waals surface area (Å²) in [5.74, 6) is 0.822. The van der Waals surface area contributed by atoms with Crippen molar-refractivity contribution in [3.63, 3.8) is 0 Å². The van der Waals surface area contributed by atoms with Gasteiger partial charge < -0.3 is 14.2 Å². The van der Waals surface area contributed by atoms with Crippen molar-refractivity contribution in [3.8, 4) is 11.5 Å². The monoisotopic (exact) mass is 435 g/mol. The van der Waals surface area contributed by atoms with Crippen molar-refractivity contribution in [3.05, 3.63) is 58.6 Å². The predicted molar refractivity (Wildman–Crippen MR) is 105 cm³/mol. The Hall–Kier alpha value is -2.54. The van der Waals surface area contributed by atoms with Crippen molar-refractivity contribution < 1.29 is 23.8 Å². The molecule has 7 heteroatoms. The first-order valence-corrected chi connectivity index (χ1v) is 9.45. The summed E-state index contributed by atoms with van der Waals surface area (Å²) in [6.07, 6.45) is 0.904. The van der Waals surface area contributed by atoms with Crippen LogP contribution in [0.15, 0.2) is 53.0 Å². The lowest BCUT2D eigenvalue weighted by atomic mass is 10.1. The molecular formula is C20H22BrNO5. The van der Waals surface area contributed by atoms with Gasteiger partial charge in [-0.25, -0.2) is 4.79 Å². The second-order valence-corrected chi connectivity index (χ2v) is 6.51. The fourth-order valence-corrected chi connectivity index (χ4v) is 2.65. The molecule has 0 aromatic heterocycles. The molecule has 2 aromatic rings. The van der Waals surface area contributed by atoms with Gasteiger partial charge in [-0.3, -0.25) is 10.1 Å². The summed E-state index contributed by atoms with van der Waals surface area (Å²) in [4.78, 5) is 23.2. The molecule has 2 aromatic carbocycles. The van der Waals surface area contributed by atoms with Gasteiger partial charge in [0.25, 0.3) is 0 Å². The summed E-state index contributed by atoms with van der Waals surface area (Å²) < 4.78 is 16.7. The van der Waals surface area contributed by atoms with E-state index in [1.807, 2.05) is 24.3 Å². The number of carbonyl (C=O) groups is 2. The third-order valence-corrected chi connectivity index (χ3v) is 4.08. The molecule has 6 nitrogen and oxygen atoms in total. The van der Waals surface area contributed by atoms with Crippen LogP contribution in [-0.4, -0.2) is 25.4 Å². The Labute approximate surface area is 166 Å². The van der Waals surface area contributed by atoms with Crippen LogP contribution in [0.3, 0.4) is 0 Å². The van der Waals surface area contributed by atoms with E-state index in [4.69, 9.17) is 14.2 Å². The highest BCUT2D eigenvalue weighted by Gasteiger charge is 2.07. The highest BCUT2D eigenvalue weighted by atomic mass is 79.9. The largest absolute Gasteiger partial charge is 0.493 e. The summed E-state index contributed by atoms with van der Waals surface area (Å²) in [7, 11) is 0. The summed E-state index contributed by atoms with van der Waals surface area (Å²) in [6, 6.07) is 14.5. The summed E-state index contributed by atoms with van der Waals surface area (Å²) in [5.41, 5.74) is 1.10. The molecule has 0 bridgehead atoms. The van der Waals surface area contributed by atoms with E-state index in [2.05, 4.69) is 28.2 Å². The van der Waals surface area contributed by atoms with Gasteiger partial charge in [0, 0.05) is 10.9 Å². The lowest BCUT2D eigenvalue weighted by molar-refractivity contribution is -0.144.